The number of nitrogens with two attached hydrogens (primary N) is 1. The predicted molar refractivity (Wildman–Crippen MR) is 68.6 cm³/mol. The Hall–Kier alpha value is -1.89. The van der Waals surface area contributed by atoms with Gasteiger partial charge in [-0.05, 0) is 6.42 Å². The number of esters is 1. The molecule has 2 N–H and O–H groups in total. The van der Waals surface area contributed by atoms with Crippen LogP contribution in [0.25, 0.3) is 0 Å². The van der Waals surface area contributed by atoms with Crippen LogP contribution in [0.5, 0.6) is 0 Å². The number of imidazole rings is 1. The maximum absolute atomic E-state index is 11.4. The topological polar surface area (TPSA) is 83.0 Å². The van der Waals surface area contributed by atoms with Crippen molar-refractivity contribution < 1.29 is 9.53 Å². The Balaban J connectivity index is 2.19. The number of anilines is 1. The number of nitrogens with zero attached hydrogens (tertiary/aromatic N) is 3. The van der Waals surface area contributed by atoms with E-state index in [2.05, 4.69) is 21.6 Å². The third-order valence-corrected chi connectivity index (χ3v) is 3.64. The summed E-state index contributed by atoms with van der Waals surface area (Å²) in [5.74, 6) is -0.227. The standard InChI is InChI=1S/C11H14N4O2S/c1-3-7-4-13-8(18-7)5-15-6-14-9(10(15)12)11(16)17-2/h4,6H,3,5,12H2,1-2H3. The molecule has 0 aliphatic heterocycles. The zero-order valence-corrected chi connectivity index (χ0v) is 11.0. The first-order valence-electron chi connectivity index (χ1n) is 5.48. The van der Waals surface area contributed by atoms with Crippen molar-refractivity contribution in [3.05, 3.63) is 28.1 Å². The van der Waals surface area contributed by atoms with Gasteiger partial charge in [0.05, 0.1) is 20.0 Å². The summed E-state index contributed by atoms with van der Waals surface area (Å²) in [5, 5.41) is 0.937. The summed E-state index contributed by atoms with van der Waals surface area (Å²) < 4.78 is 6.28. The third-order valence-electron chi connectivity index (χ3n) is 2.51. The van der Waals surface area contributed by atoms with Crippen LogP contribution >= 0.6 is 11.3 Å². The lowest BCUT2D eigenvalue weighted by Crippen LogP contribution is -2.08. The van der Waals surface area contributed by atoms with Crippen LogP contribution in [-0.4, -0.2) is 27.6 Å². The summed E-state index contributed by atoms with van der Waals surface area (Å²) in [7, 11) is 1.30. The molecule has 0 spiro atoms. The van der Waals surface area contributed by atoms with Gasteiger partial charge < -0.3 is 15.0 Å². The highest BCUT2D eigenvalue weighted by molar-refractivity contribution is 7.11. The second kappa shape index (κ2) is 5.18. The predicted octanol–water partition coefficient (Wildman–Crippen LogP) is 1.32. The van der Waals surface area contributed by atoms with Gasteiger partial charge in [-0.15, -0.1) is 11.3 Å². The minimum Gasteiger partial charge on any atom is -0.464 e. The van der Waals surface area contributed by atoms with E-state index in [9.17, 15) is 4.79 Å². The van der Waals surface area contributed by atoms with Crippen molar-refractivity contribution in [2.75, 3.05) is 12.8 Å². The van der Waals surface area contributed by atoms with Gasteiger partial charge in [0, 0.05) is 11.1 Å². The number of hydrogen-bond donors (Lipinski definition) is 1. The fourth-order valence-corrected chi connectivity index (χ4v) is 2.36. The molecule has 0 saturated carbocycles. The molecule has 0 bridgehead atoms. The maximum atomic E-state index is 11.4. The molecule has 0 amide bonds. The Labute approximate surface area is 108 Å². The van der Waals surface area contributed by atoms with Gasteiger partial charge in [-0.25, -0.2) is 14.8 Å². The number of carbonyl (C=O) groups is 1. The average Bonchev–Trinajstić information content (AvgIpc) is 2.97. The molecular formula is C11H14N4O2S. The van der Waals surface area contributed by atoms with E-state index >= 15 is 0 Å². The van der Waals surface area contributed by atoms with Gasteiger partial charge in [0.25, 0.3) is 0 Å². The molecule has 2 rings (SSSR count). The smallest absolute Gasteiger partial charge is 0.360 e. The van der Waals surface area contributed by atoms with Gasteiger partial charge >= 0.3 is 5.97 Å². The summed E-state index contributed by atoms with van der Waals surface area (Å²) in [4.78, 5) is 20.8. The lowest BCUT2D eigenvalue weighted by molar-refractivity contribution is 0.0596. The maximum Gasteiger partial charge on any atom is 0.360 e. The third kappa shape index (κ3) is 2.35. The number of nitrogen functional groups attached to an aromatic ring is 1. The zero-order valence-electron chi connectivity index (χ0n) is 10.2. The lowest BCUT2D eigenvalue weighted by atomic mass is 10.4. The fourth-order valence-electron chi connectivity index (χ4n) is 1.50. The van der Waals surface area contributed by atoms with Crippen molar-refractivity contribution in [2.45, 2.75) is 19.9 Å². The summed E-state index contributed by atoms with van der Waals surface area (Å²) in [6.45, 7) is 2.60. The summed E-state index contributed by atoms with van der Waals surface area (Å²) in [5.41, 5.74) is 5.99. The molecule has 0 aromatic carbocycles. The molecule has 18 heavy (non-hydrogen) atoms. The molecule has 7 heteroatoms. The molecule has 6 nitrogen and oxygen atoms in total. The van der Waals surface area contributed by atoms with E-state index in [0.717, 1.165) is 11.4 Å². The Morgan fingerprint density at radius 3 is 2.94 bits per heavy atom. The summed E-state index contributed by atoms with van der Waals surface area (Å²) in [6, 6.07) is 0. The minimum absolute atomic E-state index is 0.143. The first kappa shape index (κ1) is 12.6. The Kier molecular flexibility index (Phi) is 3.61. The van der Waals surface area contributed by atoms with E-state index in [0.29, 0.717) is 12.4 Å². The second-order valence-corrected chi connectivity index (χ2v) is 4.87. The van der Waals surface area contributed by atoms with Crippen LogP contribution in [0.4, 0.5) is 5.82 Å². The quantitative estimate of drug-likeness (QED) is 0.844. The summed E-state index contributed by atoms with van der Waals surface area (Å²) >= 11 is 1.63. The van der Waals surface area contributed by atoms with Crippen LogP contribution in [0.15, 0.2) is 12.5 Å². The molecule has 0 atom stereocenters. The Morgan fingerprint density at radius 2 is 2.33 bits per heavy atom. The molecule has 2 aromatic rings. The van der Waals surface area contributed by atoms with Crippen LogP contribution in [0.1, 0.15) is 27.3 Å². The van der Waals surface area contributed by atoms with Gasteiger partial charge in [0.1, 0.15) is 10.8 Å². The number of aromatic nitrogens is 3. The molecular weight excluding hydrogens is 252 g/mol. The van der Waals surface area contributed by atoms with E-state index in [1.807, 2.05) is 6.20 Å². The molecule has 0 fully saturated rings. The van der Waals surface area contributed by atoms with E-state index < -0.39 is 5.97 Å². The number of rotatable bonds is 4. The van der Waals surface area contributed by atoms with Crippen molar-refractivity contribution in [1.82, 2.24) is 14.5 Å². The molecule has 0 aliphatic carbocycles. The number of hydrogen-bond acceptors (Lipinski definition) is 6. The van der Waals surface area contributed by atoms with Gasteiger partial charge in [-0.1, -0.05) is 6.92 Å². The first-order chi connectivity index (χ1) is 8.65. The molecule has 96 valence electrons. The number of methoxy groups -OCH3 is 1. The highest BCUT2D eigenvalue weighted by Gasteiger charge is 2.16. The molecule has 2 aromatic heterocycles. The largest absolute Gasteiger partial charge is 0.464 e. The summed E-state index contributed by atoms with van der Waals surface area (Å²) in [6.07, 6.45) is 4.34. The highest BCUT2D eigenvalue weighted by atomic mass is 32.1. The van der Waals surface area contributed by atoms with E-state index in [-0.39, 0.29) is 5.69 Å². The van der Waals surface area contributed by atoms with E-state index in [1.54, 1.807) is 15.9 Å². The van der Waals surface area contributed by atoms with Crippen LogP contribution in [0, 0.1) is 0 Å². The number of carbonyl (C=O) groups excluding carboxylic acids is 1. The zero-order chi connectivity index (χ0) is 13.1. The fraction of sp³-hybridized carbons (Fsp3) is 0.364. The minimum atomic E-state index is -0.528. The van der Waals surface area contributed by atoms with Crippen molar-refractivity contribution >= 4 is 23.1 Å². The Morgan fingerprint density at radius 1 is 1.56 bits per heavy atom. The number of aryl methyl sites for hydroxylation is 1. The van der Waals surface area contributed by atoms with Crippen LogP contribution < -0.4 is 5.73 Å². The molecule has 2 heterocycles. The molecule has 0 saturated heterocycles. The highest BCUT2D eigenvalue weighted by Crippen LogP contribution is 2.18. The molecule has 0 aliphatic rings. The number of thiazole rings is 1. The van der Waals surface area contributed by atoms with Crippen LogP contribution in [-0.2, 0) is 17.7 Å². The van der Waals surface area contributed by atoms with Crippen molar-refractivity contribution in [2.24, 2.45) is 0 Å². The van der Waals surface area contributed by atoms with Crippen LogP contribution in [0.3, 0.4) is 0 Å². The van der Waals surface area contributed by atoms with Crippen molar-refractivity contribution in [1.29, 1.82) is 0 Å². The Bertz CT molecular complexity index is 561. The SMILES string of the molecule is CCc1cnc(Cn2cnc(C(=O)OC)c2N)s1. The number of ether oxygens (including phenoxy) is 1. The van der Waals surface area contributed by atoms with Gasteiger partial charge in [0.2, 0.25) is 0 Å². The van der Waals surface area contributed by atoms with Gasteiger partial charge in [-0.2, -0.15) is 0 Å². The van der Waals surface area contributed by atoms with Gasteiger partial charge in [0.15, 0.2) is 5.69 Å². The molecule has 0 unspecified atom stereocenters. The van der Waals surface area contributed by atoms with Gasteiger partial charge in [-0.3, -0.25) is 0 Å². The van der Waals surface area contributed by atoms with Crippen LogP contribution in [0.2, 0.25) is 0 Å². The van der Waals surface area contributed by atoms with E-state index in [1.165, 1.54) is 18.3 Å². The average molecular weight is 266 g/mol. The van der Waals surface area contributed by atoms with Crippen molar-refractivity contribution in [3.63, 3.8) is 0 Å². The van der Waals surface area contributed by atoms with E-state index in [4.69, 9.17) is 5.73 Å². The van der Waals surface area contributed by atoms with Crippen molar-refractivity contribution in [3.8, 4) is 0 Å². The monoisotopic (exact) mass is 266 g/mol. The normalized spacial score (nSPS) is 10.6. The second-order valence-electron chi connectivity index (χ2n) is 3.67. The lowest BCUT2D eigenvalue weighted by Gasteiger charge is -2.02. The molecule has 0 radical (unpaired) electrons. The first-order valence-corrected chi connectivity index (χ1v) is 6.29.